The van der Waals surface area contributed by atoms with Gasteiger partial charge >= 0.3 is 0 Å². The van der Waals surface area contributed by atoms with Crippen LogP contribution in [0.5, 0.6) is 5.75 Å². The number of benzene rings is 2. The highest BCUT2D eigenvalue weighted by atomic mass is 32.2. The van der Waals surface area contributed by atoms with E-state index in [-0.39, 0.29) is 11.3 Å². The highest BCUT2D eigenvalue weighted by Gasteiger charge is 2.49. The van der Waals surface area contributed by atoms with Gasteiger partial charge in [-0.05, 0) is 49.2 Å². The third-order valence-electron chi connectivity index (χ3n) is 5.85. The Hall–Kier alpha value is -2.38. The fourth-order valence-electron chi connectivity index (χ4n) is 4.03. The van der Waals surface area contributed by atoms with E-state index >= 15 is 0 Å². The number of ether oxygens (including phenoxy) is 1. The summed E-state index contributed by atoms with van der Waals surface area (Å²) in [6, 6.07) is 15.8. The van der Waals surface area contributed by atoms with Gasteiger partial charge in [-0.25, -0.2) is 8.42 Å². The molecule has 4 rings (SSSR count). The molecule has 2 aromatic rings. The van der Waals surface area contributed by atoms with Crippen molar-refractivity contribution in [3.63, 3.8) is 0 Å². The van der Waals surface area contributed by atoms with Gasteiger partial charge in [0.15, 0.2) is 0 Å². The van der Waals surface area contributed by atoms with E-state index in [2.05, 4.69) is 0 Å². The molecule has 6 nitrogen and oxygen atoms in total. The third-order valence-corrected chi connectivity index (χ3v) is 7.66. The van der Waals surface area contributed by atoms with Crippen molar-refractivity contribution in [1.29, 1.82) is 0 Å². The lowest BCUT2D eigenvalue weighted by Crippen LogP contribution is -2.62. The van der Waals surface area contributed by atoms with E-state index in [1.807, 2.05) is 35.2 Å². The van der Waals surface area contributed by atoms with Crippen LogP contribution >= 0.6 is 0 Å². The quantitative estimate of drug-likeness (QED) is 0.791. The molecule has 0 bridgehead atoms. The Kier molecular flexibility index (Phi) is 4.89. The molecule has 1 amide bonds. The Balaban J connectivity index is 1.36. The summed E-state index contributed by atoms with van der Waals surface area (Å²) in [4.78, 5) is 14.8. The Morgan fingerprint density at radius 2 is 1.57 bits per heavy atom. The normalized spacial score (nSPS) is 19.2. The van der Waals surface area contributed by atoms with Crippen molar-refractivity contribution in [1.82, 2.24) is 9.21 Å². The van der Waals surface area contributed by atoms with Crippen LogP contribution in [-0.2, 0) is 10.0 Å². The van der Waals surface area contributed by atoms with Crippen LogP contribution in [0.1, 0.15) is 23.2 Å². The van der Waals surface area contributed by atoms with E-state index in [1.54, 1.807) is 35.7 Å². The van der Waals surface area contributed by atoms with E-state index in [1.165, 1.54) is 0 Å². The molecule has 0 unspecified atom stereocenters. The standard InChI is InChI=1S/C21H24N2O4S/c1-27-18-7-9-19(10-8-18)28(25,26)23-15-21(16-23)11-13-22(14-12-21)20(24)17-5-3-2-4-6-17/h2-10H,11-16H2,1H3. The van der Waals surface area contributed by atoms with Gasteiger partial charge in [0.25, 0.3) is 5.91 Å². The molecular formula is C21H24N2O4S. The van der Waals surface area contributed by atoms with Gasteiger partial charge in [0, 0.05) is 37.2 Å². The molecule has 2 aliphatic heterocycles. The fourth-order valence-corrected chi connectivity index (χ4v) is 5.70. The lowest BCUT2D eigenvalue weighted by molar-refractivity contribution is 0.00299. The average Bonchev–Trinajstić information content (AvgIpc) is 2.72. The zero-order valence-corrected chi connectivity index (χ0v) is 16.7. The molecule has 2 fully saturated rings. The van der Waals surface area contributed by atoms with Crippen LogP contribution in [0.25, 0.3) is 0 Å². The van der Waals surface area contributed by atoms with Gasteiger partial charge in [-0.2, -0.15) is 4.31 Å². The van der Waals surface area contributed by atoms with Gasteiger partial charge in [0.2, 0.25) is 10.0 Å². The second-order valence-corrected chi connectivity index (χ2v) is 9.54. The summed E-state index contributed by atoms with van der Waals surface area (Å²) in [5, 5.41) is 0. The summed E-state index contributed by atoms with van der Waals surface area (Å²) in [6.07, 6.45) is 1.67. The van der Waals surface area contributed by atoms with Crippen LogP contribution in [0.15, 0.2) is 59.5 Å². The van der Waals surface area contributed by atoms with Crippen molar-refractivity contribution in [2.24, 2.45) is 5.41 Å². The minimum Gasteiger partial charge on any atom is -0.497 e. The molecule has 0 aromatic heterocycles. The number of hydrogen-bond donors (Lipinski definition) is 0. The van der Waals surface area contributed by atoms with Gasteiger partial charge in [-0.15, -0.1) is 0 Å². The van der Waals surface area contributed by atoms with E-state index in [0.29, 0.717) is 42.4 Å². The first kappa shape index (κ1) is 19.0. The predicted octanol–water partition coefficient (Wildman–Crippen LogP) is 2.62. The molecule has 2 aliphatic rings. The molecule has 2 aromatic carbocycles. The first-order chi connectivity index (χ1) is 13.4. The number of likely N-dealkylation sites (tertiary alicyclic amines) is 1. The predicted molar refractivity (Wildman–Crippen MR) is 106 cm³/mol. The Morgan fingerprint density at radius 1 is 0.964 bits per heavy atom. The molecule has 0 N–H and O–H groups in total. The Morgan fingerprint density at radius 3 is 2.14 bits per heavy atom. The van der Waals surface area contributed by atoms with E-state index in [0.717, 1.165) is 12.8 Å². The largest absolute Gasteiger partial charge is 0.497 e. The van der Waals surface area contributed by atoms with Gasteiger partial charge < -0.3 is 9.64 Å². The summed E-state index contributed by atoms with van der Waals surface area (Å²) in [7, 11) is -1.93. The minimum atomic E-state index is -3.48. The van der Waals surface area contributed by atoms with E-state index < -0.39 is 10.0 Å². The lowest BCUT2D eigenvalue weighted by atomic mass is 9.73. The van der Waals surface area contributed by atoms with Crippen LogP contribution in [0.2, 0.25) is 0 Å². The van der Waals surface area contributed by atoms with Gasteiger partial charge in [-0.3, -0.25) is 4.79 Å². The zero-order valence-electron chi connectivity index (χ0n) is 15.9. The number of sulfonamides is 1. The number of rotatable bonds is 4. The summed E-state index contributed by atoms with van der Waals surface area (Å²) in [6.45, 7) is 2.39. The Labute approximate surface area is 165 Å². The second kappa shape index (κ2) is 7.22. The summed E-state index contributed by atoms with van der Waals surface area (Å²) < 4.78 is 32.3. The van der Waals surface area contributed by atoms with Gasteiger partial charge in [0.1, 0.15) is 5.75 Å². The highest BCUT2D eigenvalue weighted by Crippen LogP contribution is 2.43. The van der Waals surface area contributed by atoms with Crippen LogP contribution in [0.3, 0.4) is 0 Å². The molecular weight excluding hydrogens is 376 g/mol. The highest BCUT2D eigenvalue weighted by molar-refractivity contribution is 7.89. The molecule has 0 atom stereocenters. The molecule has 0 saturated carbocycles. The van der Waals surface area contributed by atoms with Crippen molar-refractivity contribution in [2.75, 3.05) is 33.3 Å². The molecule has 28 heavy (non-hydrogen) atoms. The van der Waals surface area contributed by atoms with Crippen LogP contribution in [0.4, 0.5) is 0 Å². The molecule has 0 radical (unpaired) electrons. The molecule has 0 aliphatic carbocycles. The van der Waals surface area contributed by atoms with Gasteiger partial charge in [-0.1, -0.05) is 18.2 Å². The number of nitrogens with zero attached hydrogens (tertiary/aromatic N) is 2. The molecule has 7 heteroatoms. The van der Waals surface area contributed by atoms with Crippen molar-refractivity contribution in [3.8, 4) is 5.75 Å². The second-order valence-electron chi connectivity index (χ2n) is 7.61. The van der Waals surface area contributed by atoms with Crippen molar-refractivity contribution in [2.45, 2.75) is 17.7 Å². The Bertz CT molecular complexity index is 942. The lowest BCUT2D eigenvalue weighted by Gasteiger charge is -2.53. The maximum Gasteiger partial charge on any atom is 0.253 e. The first-order valence-corrected chi connectivity index (χ1v) is 10.9. The molecule has 2 heterocycles. The fraction of sp³-hybridized carbons (Fsp3) is 0.381. The van der Waals surface area contributed by atoms with Crippen LogP contribution in [-0.4, -0.2) is 56.8 Å². The molecule has 2 saturated heterocycles. The number of carbonyl (C=O) groups excluding carboxylic acids is 1. The van der Waals surface area contributed by atoms with Crippen LogP contribution < -0.4 is 4.74 Å². The summed E-state index contributed by atoms with van der Waals surface area (Å²) >= 11 is 0. The van der Waals surface area contributed by atoms with Crippen molar-refractivity contribution < 1.29 is 17.9 Å². The summed E-state index contributed by atoms with van der Waals surface area (Å²) in [5.74, 6) is 0.687. The average molecular weight is 401 g/mol. The number of methoxy groups -OCH3 is 1. The summed E-state index contributed by atoms with van der Waals surface area (Å²) in [5.41, 5.74) is 0.697. The topological polar surface area (TPSA) is 66.9 Å². The SMILES string of the molecule is COc1ccc(S(=O)(=O)N2CC3(CCN(C(=O)c4ccccc4)CC3)C2)cc1. The number of piperidine rings is 1. The smallest absolute Gasteiger partial charge is 0.253 e. The molecule has 148 valence electrons. The van der Waals surface area contributed by atoms with Crippen molar-refractivity contribution in [3.05, 3.63) is 60.2 Å². The van der Waals surface area contributed by atoms with E-state index in [9.17, 15) is 13.2 Å². The van der Waals surface area contributed by atoms with E-state index in [4.69, 9.17) is 4.74 Å². The first-order valence-electron chi connectivity index (χ1n) is 9.42. The zero-order chi connectivity index (χ0) is 19.8. The monoisotopic (exact) mass is 400 g/mol. The maximum atomic E-state index is 12.8. The number of hydrogen-bond acceptors (Lipinski definition) is 4. The number of amides is 1. The number of carbonyl (C=O) groups is 1. The van der Waals surface area contributed by atoms with Crippen LogP contribution in [0, 0.1) is 5.41 Å². The van der Waals surface area contributed by atoms with Crippen molar-refractivity contribution >= 4 is 15.9 Å². The maximum absolute atomic E-state index is 12.8. The molecule has 1 spiro atoms. The minimum absolute atomic E-state index is 0.00694. The van der Waals surface area contributed by atoms with Gasteiger partial charge in [0.05, 0.1) is 12.0 Å². The third kappa shape index (κ3) is 3.40.